The van der Waals surface area contributed by atoms with Crippen LogP contribution < -0.4 is 0 Å². The quantitative estimate of drug-likeness (QED) is 0.262. The third-order valence-corrected chi connectivity index (χ3v) is 0.236. The van der Waals surface area contributed by atoms with Crippen LogP contribution in [0.2, 0.25) is 0 Å². The van der Waals surface area contributed by atoms with Crippen molar-refractivity contribution in [2.75, 3.05) is 0 Å². The van der Waals surface area contributed by atoms with E-state index in [1.165, 1.54) is 6.42 Å². The Morgan fingerprint density at radius 3 is 1.40 bits per heavy atom. The van der Waals surface area contributed by atoms with E-state index in [1.807, 2.05) is 0 Å². The van der Waals surface area contributed by atoms with Crippen molar-refractivity contribution >= 4 is 23.3 Å². The van der Waals surface area contributed by atoms with Gasteiger partial charge in [0, 0.05) is 0 Å². The second kappa shape index (κ2) is 4.44. The molecule has 1 aliphatic carbocycles. The molecule has 0 unspecified atom stereocenters. The van der Waals surface area contributed by atoms with Gasteiger partial charge in [-0.2, -0.15) is 0 Å². The van der Waals surface area contributed by atoms with E-state index < -0.39 is 0 Å². The standard InChI is InChI=1S/C3H4.H2S2/c1-2-3-1;1-2/h1-2H,3H2;1-2H. The van der Waals surface area contributed by atoms with Gasteiger partial charge in [-0.25, -0.2) is 0 Å². The molecule has 0 saturated heterocycles. The van der Waals surface area contributed by atoms with Gasteiger partial charge in [-0.3, -0.25) is 0 Å². The molecule has 0 atom stereocenters. The zero-order valence-corrected chi connectivity index (χ0v) is 4.55. The molecule has 0 aromatic carbocycles. The summed E-state index contributed by atoms with van der Waals surface area (Å²) in [6, 6.07) is 0. The molecule has 0 amide bonds. The SMILES string of the molecule is C1=CC1.SS. The fourth-order valence-corrected chi connectivity index (χ4v) is 0. The van der Waals surface area contributed by atoms with Crippen LogP contribution in [0.3, 0.4) is 0 Å². The lowest BCUT2D eigenvalue weighted by molar-refractivity contribution is 1.71. The maximum Gasteiger partial charge on any atom is -0.0169 e. The zero-order valence-electron chi connectivity index (χ0n) is 2.76. The first kappa shape index (κ1) is 5.44. The Hall–Kier alpha value is 0.440. The van der Waals surface area contributed by atoms with Crippen molar-refractivity contribution in [2.45, 2.75) is 6.42 Å². The van der Waals surface area contributed by atoms with E-state index in [4.69, 9.17) is 0 Å². The topological polar surface area (TPSA) is 0 Å². The summed E-state index contributed by atoms with van der Waals surface area (Å²) in [5.74, 6) is 0. The first-order valence-electron chi connectivity index (χ1n) is 1.35. The van der Waals surface area contributed by atoms with E-state index >= 15 is 0 Å². The molecule has 0 spiro atoms. The monoisotopic (exact) mass is 106 g/mol. The fraction of sp³-hybridized carbons (Fsp3) is 0.333. The van der Waals surface area contributed by atoms with Crippen LogP contribution in [0.25, 0.3) is 0 Å². The van der Waals surface area contributed by atoms with E-state index in [0.29, 0.717) is 0 Å². The molecule has 0 heterocycles. The number of allylic oxidation sites excluding steroid dienone is 2. The first-order chi connectivity index (χ1) is 2.50. The summed E-state index contributed by atoms with van der Waals surface area (Å²) >= 11 is 6.44. The Balaban J connectivity index is 0.0000000733. The molecule has 0 N–H and O–H groups in total. The van der Waals surface area contributed by atoms with Gasteiger partial charge in [0.15, 0.2) is 0 Å². The predicted molar refractivity (Wildman–Crippen MR) is 31.7 cm³/mol. The van der Waals surface area contributed by atoms with Gasteiger partial charge >= 0.3 is 0 Å². The molecule has 0 nitrogen and oxygen atoms in total. The van der Waals surface area contributed by atoms with Gasteiger partial charge in [0.2, 0.25) is 0 Å². The zero-order chi connectivity index (χ0) is 4.12. The molecule has 0 fully saturated rings. The molecular formula is C3H6S2. The minimum atomic E-state index is 1.25. The van der Waals surface area contributed by atoms with Gasteiger partial charge in [0.25, 0.3) is 0 Å². The van der Waals surface area contributed by atoms with Crippen LogP contribution in [-0.2, 0) is 0 Å². The molecule has 0 bridgehead atoms. The maximum atomic E-state index is 3.22. The number of rotatable bonds is 0. The number of hydrogen-bond donors (Lipinski definition) is 2. The fourth-order valence-electron chi connectivity index (χ4n) is 0. The molecule has 1 rings (SSSR count). The van der Waals surface area contributed by atoms with Crippen molar-refractivity contribution in [3.63, 3.8) is 0 Å². The summed E-state index contributed by atoms with van der Waals surface area (Å²) in [6.45, 7) is 0. The van der Waals surface area contributed by atoms with Gasteiger partial charge in [-0.15, -0.1) is 23.3 Å². The van der Waals surface area contributed by atoms with E-state index in [0.717, 1.165) is 0 Å². The smallest absolute Gasteiger partial charge is 0.0169 e. The van der Waals surface area contributed by atoms with Crippen molar-refractivity contribution in [1.82, 2.24) is 0 Å². The molecule has 0 aliphatic heterocycles. The molecule has 2 heteroatoms. The molecule has 0 saturated carbocycles. The molecule has 0 radical (unpaired) electrons. The Labute approximate surface area is 42.5 Å². The van der Waals surface area contributed by atoms with E-state index in [2.05, 4.69) is 35.5 Å². The van der Waals surface area contributed by atoms with Crippen molar-refractivity contribution in [3.8, 4) is 0 Å². The Kier molecular flexibility index (Phi) is 4.83. The second-order valence-electron chi connectivity index (χ2n) is 0.707. The van der Waals surface area contributed by atoms with Gasteiger partial charge in [0.1, 0.15) is 0 Å². The Bertz CT molecular complexity index is 27.9. The first-order valence-corrected chi connectivity index (χ1v) is 2.95. The highest BCUT2D eigenvalue weighted by molar-refractivity contribution is 8.59. The van der Waals surface area contributed by atoms with E-state index in [-0.39, 0.29) is 0 Å². The van der Waals surface area contributed by atoms with Crippen LogP contribution in [0, 0.1) is 0 Å². The Morgan fingerprint density at radius 2 is 1.40 bits per heavy atom. The van der Waals surface area contributed by atoms with Crippen LogP contribution in [-0.4, -0.2) is 0 Å². The third-order valence-electron chi connectivity index (χ3n) is 0.236. The van der Waals surface area contributed by atoms with Crippen LogP contribution in [0.15, 0.2) is 12.2 Å². The molecular weight excluding hydrogens is 100 g/mol. The highest BCUT2D eigenvalue weighted by atomic mass is 33.1. The van der Waals surface area contributed by atoms with Crippen molar-refractivity contribution in [2.24, 2.45) is 0 Å². The normalized spacial score (nSPS) is 12.4. The maximum absolute atomic E-state index is 3.22. The molecule has 30 valence electrons. The summed E-state index contributed by atoms with van der Waals surface area (Å²) in [4.78, 5) is 0. The van der Waals surface area contributed by atoms with Gasteiger partial charge in [-0.1, -0.05) is 12.2 Å². The van der Waals surface area contributed by atoms with Gasteiger partial charge in [-0.05, 0) is 6.42 Å². The lowest BCUT2D eigenvalue weighted by Gasteiger charge is -1.15. The summed E-state index contributed by atoms with van der Waals surface area (Å²) in [7, 11) is 0. The molecule has 0 aromatic heterocycles. The lowest BCUT2D eigenvalue weighted by Crippen LogP contribution is -0.956. The summed E-state index contributed by atoms with van der Waals surface area (Å²) in [5.41, 5.74) is 0. The van der Waals surface area contributed by atoms with Crippen LogP contribution >= 0.6 is 23.3 Å². The number of thiol groups is 2. The van der Waals surface area contributed by atoms with E-state index in [9.17, 15) is 0 Å². The minimum absolute atomic E-state index is 1.25. The van der Waals surface area contributed by atoms with Crippen molar-refractivity contribution in [1.29, 1.82) is 0 Å². The highest BCUT2D eigenvalue weighted by Gasteiger charge is 1.75. The van der Waals surface area contributed by atoms with Crippen LogP contribution in [0.4, 0.5) is 0 Å². The molecule has 5 heavy (non-hydrogen) atoms. The van der Waals surface area contributed by atoms with E-state index in [1.54, 1.807) is 0 Å². The van der Waals surface area contributed by atoms with Crippen molar-refractivity contribution in [3.05, 3.63) is 12.2 Å². The van der Waals surface area contributed by atoms with Crippen LogP contribution in [0.1, 0.15) is 6.42 Å². The minimum Gasteiger partial charge on any atom is -0.115 e. The molecule has 0 aromatic rings. The average molecular weight is 106 g/mol. The van der Waals surface area contributed by atoms with Gasteiger partial charge < -0.3 is 0 Å². The lowest BCUT2D eigenvalue weighted by atomic mass is 10.9. The largest absolute Gasteiger partial charge is 0.115 e. The number of hydrogen-bond acceptors (Lipinski definition) is 2. The average Bonchev–Trinajstić information content (AvgIpc) is 2.19. The molecule has 1 aliphatic rings. The van der Waals surface area contributed by atoms with Crippen molar-refractivity contribution < 1.29 is 0 Å². The van der Waals surface area contributed by atoms with Crippen LogP contribution in [0.5, 0.6) is 0 Å². The predicted octanol–water partition coefficient (Wildman–Crippen LogP) is 1.71. The summed E-state index contributed by atoms with van der Waals surface area (Å²) < 4.78 is 0. The highest BCUT2D eigenvalue weighted by Crippen LogP contribution is 1.96. The second-order valence-corrected chi connectivity index (χ2v) is 0.707. The van der Waals surface area contributed by atoms with Gasteiger partial charge in [0.05, 0.1) is 0 Å². The summed E-state index contributed by atoms with van der Waals surface area (Å²) in [5, 5.41) is 0. The Morgan fingerprint density at radius 1 is 1.20 bits per heavy atom. The summed E-state index contributed by atoms with van der Waals surface area (Å²) in [6.07, 6.45) is 5.50. The third kappa shape index (κ3) is 12.7.